The Hall–Kier alpha value is -1.85. The van der Waals surface area contributed by atoms with Gasteiger partial charge in [0.1, 0.15) is 5.60 Å². The fourth-order valence-corrected chi connectivity index (χ4v) is 2.25. The highest BCUT2D eigenvalue weighted by Gasteiger charge is 2.22. The molecule has 0 heterocycles. The van der Waals surface area contributed by atoms with Gasteiger partial charge in [0.2, 0.25) is 6.41 Å². The summed E-state index contributed by atoms with van der Waals surface area (Å²) in [7, 11) is 1.62. The van der Waals surface area contributed by atoms with Crippen LogP contribution in [-0.2, 0) is 23.9 Å². The van der Waals surface area contributed by atoms with Crippen molar-refractivity contribution in [2.75, 3.05) is 20.2 Å². The van der Waals surface area contributed by atoms with Crippen molar-refractivity contribution in [1.29, 1.82) is 0 Å². The Kier molecular flexibility index (Phi) is 10.0. The molecule has 0 rings (SSSR count). The minimum Gasteiger partial charge on any atom is -0.466 e. The van der Waals surface area contributed by atoms with E-state index in [0.717, 1.165) is 6.42 Å². The minimum absolute atomic E-state index is 0.266. The zero-order chi connectivity index (χ0) is 18.8. The van der Waals surface area contributed by atoms with Crippen LogP contribution in [0.15, 0.2) is 11.6 Å². The first-order chi connectivity index (χ1) is 11.1. The number of likely N-dealkylation sites (N-methyl/N-ethyl adjacent to an activating group) is 1. The van der Waals surface area contributed by atoms with Crippen molar-refractivity contribution in [1.82, 2.24) is 4.90 Å². The van der Waals surface area contributed by atoms with Crippen molar-refractivity contribution in [3.63, 3.8) is 0 Å². The number of rotatable bonds is 10. The molecule has 0 N–H and O–H groups in total. The van der Waals surface area contributed by atoms with Crippen LogP contribution in [0.25, 0.3) is 0 Å². The van der Waals surface area contributed by atoms with Gasteiger partial charge in [-0.05, 0) is 46.1 Å². The van der Waals surface area contributed by atoms with E-state index in [1.807, 2.05) is 6.92 Å². The Morgan fingerprint density at radius 1 is 1.21 bits per heavy atom. The van der Waals surface area contributed by atoms with Crippen LogP contribution in [0.1, 0.15) is 53.9 Å². The molecule has 138 valence electrons. The molecule has 0 saturated carbocycles. The number of nitrogens with zero attached hydrogens (tertiary/aromatic N) is 1. The predicted octanol–water partition coefficient (Wildman–Crippen LogP) is 2.71. The molecule has 24 heavy (non-hydrogen) atoms. The van der Waals surface area contributed by atoms with Crippen LogP contribution in [0.2, 0.25) is 0 Å². The number of carbonyl (C=O) groups excluding carboxylic acids is 3. The standard InChI is InChI=1S/C18H31NO5/c1-7-9-15(17(22)23-8-2)10-14(12-19(6)13-20)11-16(21)24-18(3,4)5/h11,13,15H,7-10,12H2,1-6H3/b14-11-. The third kappa shape index (κ3) is 10.0. The van der Waals surface area contributed by atoms with E-state index in [2.05, 4.69) is 0 Å². The average molecular weight is 341 g/mol. The first-order valence-electron chi connectivity index (χ1n) is 8.37. The van der Waals surface area contributed by atoms with E-state index in [1.165, 1.54) is 11.0 Å². The summed E-state index contributed by atoms with van der Waals surface area (Å²) < 4.78 is 10.4. The van der Waals surface area contributed by atoms with Gasteiger partial charge in [0.15, 0.2) is 0 Å². The summed E-state index contributed by atoms with van der Waals surface area (Å²) in [5, 5.41) is 0. The first-order valence-corrected chi connectivity index (χ1v) is 8.37. The van der Waals surface area contributed by atoms with Crippen molar-refractivity contribution < 1.29 is 23.9 Å². The average Bonchev–Trinajstić information content (AvgIpc) is 2.44. The van der Waals surface area contributed by atoms with Gasteiger partial charge in [0.25, 0.3) is 0 Å². The van der Waals surface area contributed by atoms with Gasteiger partial charge in [0, 0.05) is 19.7 Å². The zero-order valence-corrected chi connectivity index (χ0v) is 15.8. The van der Waals surface area contributed by atoms with Crippen molar-refractivity contribution in [3.05, 3.63) is 11.6 Å². The molecule has 0 aromatic rings. The molecule has 0 aromatic carbocycles. The third-order valence-electron chi connectivity index (χ3n) is 3.13. The summed E-state index contributed by atoms with van der Waals surface area (Å²) in [6, 6.07) is 0. The van der Waals surface area contributed by atoms with Crippen molar-refractivity contribution in [3.8, 4) is 0 Å². The van der Waals surface area contributed by atoms with Gasteiger partial charge in [-0.15, -0.1) is 0 Å². The molecule has 0 aliphatic carbocycles. The highest BCUT2D eigenvalue weighted by molar-refractivity contribution is 5.83. The normalized spacial score (nSPS) is 13.2. The Bertz CT molecular complexity index is 451. The molecule has 0 saturated heterocycles. The Morgan fingerprint density at radius 2 is 1.83 bits per heavy atom. The molecule has 1 unspecified atom stereocenters. The zero-order valence-electron chi connectivity index (χ0n) is 15.8. The van der Waals surface area contributed by atoms with Gasteiger partial charge in [-0.1, -0.05) is 13.3 Å². The highest BCUT2D eigenvalue weighted by Crippen LogP contribution is 2.20. The van der Waals surface area contributed by atoms with E-state index in [1.54, 1.807) is 34.7 Å². The first kappa shape index (κ1) is 22.1. The Morgan fingerprint density at radius 3 is 2.29 bits per heavy atom. The second-order valence-electron chi connectivity index (χ2n) is 6.80. The van der Waals surface area contributed by atoms with Gasteiger partial charge >= 0.3 is 11.9 Å². The number of esters is 2. The number of ether oxygens (including phenoxy) is 2. The van der Waals surface area contributed by atoms with E-state index < -0.39 is 11.6 Å². The molecule has 1 amide bonds. The van der Waals surface area contributed by atoms with E-state index in [9.17, 15) is 14.4 Å². The van der Waals surface area contributed by atoms with Crippen LogP contribution in [-0.4, -0.2) is 49.0 Å². The fraction of sp³-hybridized carbons (Fsp3) is 0.722. The largest absolute Gasteiger partial charge is 0.466 e. The van der Waals surface area contributed by atoms with Crippen molar-refractivity contribution in [2.45, 2.75) is 59.5 Å². The highest BCUT2D eigenvalue weighted by atomic mass is 16.6. The van der Waals surface area contributed by atoms with E-state index in [0.29, 0.717) is 31.4 Å². The summed E-state index contributed by atoms with van der Waals surface area (Å²) in [4.78, 5) is 36.5. The molecule has 0 spiro atoms. The van der Waals surface area contributed by atoms with Gasteiger partial charge in [-0.3, -0.25) is 9.59 Å². The summed E-state index contributed by atoms with van der Waals surface area (Å²) >= 11 is 0. The second kappa shape index (κ2) is 10.8. The molecule has 0 radical (unpaired) electrons. The van der Waals surface area contributed by atoms with Crippen LogP contribution in [0.4, 0.5) is 0 Å². The van der Waals surface area contributed by atoms with Gasteiger partial charge in [-0.2, -0.15) is 0 Å². The number of hydrogen-bond donors (Lipinski definition) is 0. The van der Waals surface area contributed by atoms with Gasteiger partial charge < -0.3 is 14.4 Å². The topological polar surface area (TPSA) is 72.9 Å². The van der Waals surface area contributed by atoms with Crippen LogP contribution < -0.4 is 0 Å². The minimum atomic E-state index is -0.598. The monoisotopic (exact) mass is 341 g/mol. The molecule has 0 aromatic heterocycles. The maximum atomic E-state index is 12.1. The Labute approximate surface area is 145 Å². The number of carbonyl (C=O) groups is 3. The lowest BCUT2D eigenvalue weighted by molar-refractivity contribution is -0.150. The second-order valence-corrected chi connectivity index (χ2v) is 6.80. The maximum absolute atomic E-state index is 12.1. The predicted molar refractivity (Wildman–Crippen MR) is 92.3 cm³/mol. The molecule has 1 atom stereocenters. The van der Waals surface area contributed by atoms with E-state index in [-0.39, 0.29) is 18.4 Å². The molecule has 0 bridgehead atoms. The third-order valence-corrected chi connectivity index (χ3v) is 3.13. The molecule has 6 nitrogen and oxygen atoms in total. The lowest BCUT2D eigenvalue weighted by Gasteiger charge is -2.21. The maximum Gasteiger partial charge on any atom is 0.331 e. The summed E-state index contributed by atoms with van der Waals surface area (Å²) in [5.41, 5.74) is 0.0736. The van der Waals surface area contributed by atoms with Gasteiger partial charge in [0.05, 0.1) is 12.5 Å². The lowest BCUT2D eigenvalue weighted by atomic mass is 9.94. The SMILES string of the molecule is CCCC(C/C(=C/C(=O)OC(C)(C)C)CN(C)C=O)C(=O)OCC. The van der Waals surface area contributed by atoms with Gasteiger partial charge in [-0.25, -0.2) is 4.79 Å². The fourth-order valence-electron chi connectivity index (χ4n) is 2.25. The Balaban J connectivity index is 5.25. The van der Waals surface area contributed by atoms with E-state index in [4.69, 9.17) is 9.47 Å². The summed E-state index contributed by atoms with van der Waals surface area (Å²) in [6.45, 7) is 9.69. The molecular formula is C18H31NO5. The number of hydrogen-bond acceptors (Lipinski definition) is 5. The summed E-state index contributed by atoms with van der Waals surface area (Å²) in [6.07, 6.45) is 3.92. The van der Waals surface area contributed by atoms with Crippen molar-refractivity contribution >= 4 is 18.3 Å². The molecule has 0 fully saturated rings. The summed E-state index contributed by atoms with van der Waals surface area (Å²) in [5.74, 6) is -1.08. The molecule has 0 aliphatic rings. The van der Waals surface area contributed by atoms with Crippen LogP contribution in [0.3, 0.4) is 0 Å². The quantitative estimate of drug-likeness (QED) is 0.347. The molecular weight excluding hydrogens is 310 g/mol. The molecule has 6 heteroatoms. The van der Waals surface area contributed by atoms with Crippen LogP contribution in [0, 0.1) is 5.92 Å². The number of amides is 1. The smallest absolute Gasteiger partial charge is 0.331 e. The van der Waals surface area contributed by atoms with Crippen molar-refractivity contribution in [2.24, 2.45) is 5.92 Å². The van der Waals surface area contributed by atoms with Crippen LogP contribution in [0.5, 0.6) is 0 Å². The molecule has 0 aliphatic heterocycles. The van der Waals surface area contributed by atoms with E-state index >= 15 is 0 Å². The lowest BCUT2D eigenvalue weighted by Crippen LogP contribution is -2.26. The van der Waals surface area contributed by atoms with Crippen LogP contribution >= 0.6 is 0 Å².